The fraction of sp³-hybridized carbons (Fsp3) is 0.357. The molecule has 0 saturated heterocycles. The van der Waals surface area contributed by atoms with Gasteiger partial charge in [-0.05, 0) is 32.0 Å². The Labute approximate surface area is 121 Å². The van der Waals surface area contributed by atoms with Crippen molar-refractivity contribution in [1.82, 2.24) is 15.0 Å². The molecule has 1 heterocycles. The number of carbonyl (C=O) groups excluding carboxylic acids is 1. The maximum atomic E-state index is 13.0. The Hall–Kier alpha value is -2.28. The van der Waals surface area contributed by atoms with Gasteiger partial charge in [0.05, 0.1) is 12.7 Å². The summed E-state index contributed by atoms with van der Waals surface area (Å²) in [5, 5.41) is 20.1. The molecule has 0 aliphatic rings. The molecule has 0 saturated carbocycles. The first kappa shape index (κ1) is 15.1. The Morgan fingerprint density at radius 3 is 2.86 bits per heavy atom. The van der Waals surface area contributed by atoms with E-state index in [-0.39, 0.29) is 12.3 Å². The second-order valence-electron chi connectivity index (χ2n) is 5.23. The van der Waals surface area contributed by atoms with Crippen LogP contribution in [0.2, 0.25) is 0 Å². The van der Waals surface area contributed by atoms with Crippen LogP contribution in [0.25, 0.3) is 0 Å². The van der Waals surface area contributed by atoms with Gasteiger partial charge in [-0.15, -0.1) is 5.10 Å². The molecule has 1 aromatic heterocycles. The van der Waals surface area contributed by atoms with Gasteiger partial charge in [-0.1, -0.05) is 11.3 Å². The highest BCUT2D eigenvalue weighted by Crippen LogP contribution is 2.15. The Kier molecular flexibility index (Phi) is 4.32. The van der Waals surface area contributed by atoms with E-state index in [2.05, 4.69) is 15.6 Å². The van der Waals surface area contributed by atoms with Crippen LogP contribution in [0.3, 0.4) is 0 Å². The van der Waals surface area contributed by atoms with Crippen molar-refractivity contribution in [3.8, 4) is 0 Å². The van der Waals surface area contributed by atoms with Crippen LogP contribution < -0.4 is 5.32 Å². The molecule has 0 unspecified atom stereocenters. The number of benzene rings is 1. The molecule has 1 aromatic carbocycles. The zero-order valence-corrected chi connectivity index (χ0v) is 11.9. The summed E-state index contributed by atoms with van der Waals surface area (Å²) in [5.41, 5.74) is -0.217. The highest BCUT2D eigenvalue weighted by atomic mass is 19.1. The SMILES string of the molecule is CC(C)(O)c1cn(CCC(=O)Nc2cccc(F)c2)nn1. The number of amides is 1. The molecule has 21 heavy (non-hydrogen) atoms. The predicted molar refractivity (Wildman–Crippen MR) is 74.9 cm³/mol. The summed E-state index contributed by atoms with van der Waals surface area (Å²) in [4.78, 5) is 11.8. The summed E-state index contributed by atoms with van der Waals surface area (Å²) in [6.07, 6.45) is 1.76. The van der Waals surface area contributed by atoms with Gasteiger partial charge in [0.1, 0.15) is 17.1 Å². The number of anilines is 1. The summed E-state index contributed by atoms with van der Waals surface area (Å²) in [6, 6.07) is 5.70. The topological polar surface area (TPSA) is 80.0 Å². The average molecular weight is 292 g/mol. The van der Waals surface area contributed by atoms with E-state index in [1.807, 2.05) is 0 Å². The molecular weight excluding hydrogens is 275 g/mol. The Bertz CT molecular complexity index is 634. The number of nitrogens with one attached hydrogen (secondary N) is 1. The van der Waals surface area contributed by atoms with Crippen LogP contribution in [0.4, 0.5) is 10.1 Å². The molecule has 0 radical (unpaired) electrons. The van der Waals surface area contributed by atoms with Crippen LogP contribution in [-0.2, 0) is 16.9 Å². The standard InChI is InChI=1S/C14H17FN4O2/c1-14(2,21)12-9-19(18-17-12)7-6-13(20)16-11-5-3-4-10(15)8-11/h3-5,8-9,21H,6-7H2,1-2H3,(H,16,20). The average Bonchev–Trinajstić information content (AvgIpc) is 2.85. The van der Waals surface area contributed by atoms with Crippen LogP contribution in [0.1, 0.15) is 26.0 Å². The van der Waals surface area contributed by atoms with E-state index < -0.39 is 11.4 Å². The van der Waals surface area contributed by atoms with Crippen molar-refractivity contribution in [2.24, 2.45) is 0 Å². The monoisotopic (exact) mass is 292 g/mol. The van der Waals surface area contributed by atoms with Gasteiger partial charge < -0.3 is 10.4 Å². The highest BCUT2D eigenvalue weighted by molar-refractivity contribution is 5.90. The van der Waals surface area contributed by atoms with E-state index in [1.165, 1.54) is 22.9 Å². The minimum absolute atomic E-state index is 0.172. The van der Waals surface area contributed by atoms with Gasteiger partial charge >= 0.3 is 0 Å². The number of carbonyl (C=O) groups is 1. The second kappa shape index (κ2) is 6.01. The summed E-state index contributed by atoms with van der Waals surface area (Å²) >= 11 is 0. The Morgan fingerprint density at radius 2 is 2.24 bits per heavy atom. The molecule has 2 rings (SSSR count). The van der Waals surface area contributed by atoms with Gasteiger partial charge in [-0.3, -0.25) is 9.48 Å². The van der Waals surface area contributed by atoms with Crippen LogP contribution in [-0.4, -0.2) is 26.0 Å². The van der Waals surface area contributed by atoms with Crippen molar-refractivity contribution in [3.63, 3.8) is 0 Å². The summed E-state index contributed by atoms with van der Waals surface area (Å²) < 4.78 is 14.5. The molecule has 0 fully saturated rings. The van der Waals surface area contributed by atoms with Crippen molar-refractivity contribution in [2.45, 2.75) is 32.4 Å². The highest BCUT2D eigenvalue weighted by Gasteiger charge is 2.20. The largest absolute Gasteiger partial charge is 0.384 e. The maximum absolute atomic E-state index is 13.0. The predicted octanol–water partition coefficient (Wildman–Crippen LogP) is 1.67. The summed E-state index contributed by atoms with van der Waals surface area (Å²) in [5.74, 6) is -0.653. The zero-order chi connectivity index (χ0) is 15.5. The molecular formula is C14H17FN4O2. The lowest BCUT2D eigenvalue weighted by Crippen LogP contribution is -2.16. The van der Waals surface area contributed by atoms with Gasteiger partial charge in [0.15, 0.2) is 0 Å². The Morgan fingerprint density at radius 1 is 1.48 bits per heavy atom. The van der Waals surface area contributed by atoms with Gasteiger partial charge in [0.2, 0.25) is 5.91 Å². The lowest BCUT2D eigenvalue weighted by molar-refractivity contribution is -0.116. The minimum Gasteiger partial charge on any atom is -0.384 e. The van der Waals surface area contributed by atoms with Crippen molar-refractivity contribution in [1.29, 1.82) is 0 Å². The number of nitrogens with zero attached hydrogens (tertiary/aromatic N) is 3. The first-order valence-corrected chi connectivity index (χ1v) is 6.53. The first-order chi connectivity index (χ1) is 9.84. The number of hydrogen-bond acceptors (Lipinski definition) is 4. The van der Waals surface area contributed by atoms with Crippen LogP contribution in [0.15, 0.2) is 30.5 Å². The van der Waals surface area contributed by atoms with Gasteiger partial charge in [0.25, 0.3) is 0 Å². The quantitative estimate of drug-likeness (QED) is 0.878. The van der Waals surface area contributed by atoms with Crippen molar-refractivity contribution in [3.05, 3.63) is 42.0 Å². The number of halogens is 1. The summed E-state index contributed by atoms with van der Waals surface area (Å²) in [7, 11) is 0. The second-order valence-corrected chi connectivity index (χ2v) is 5.23. The third-order valence-corrected chi connectivity index (χ3v) is 2.84. The fourth-order valence-corrected chi connectivity index (χ4v) is 1.69. The molecule has 2 aromatic rings. The molecule has 0 aliphatic heterocycles. The molecule has 0 atom stereocenters. The molecule has 2 N–H and O–H groups in total. The van der Waals surface area contributed by atoms with E-state index in [0.29, 0.717) is 17.9 Å². The molecule has 0 spiro atoms. The van der Waals surface area contributed by atoms with Crippen molar-refractivity contribution >= 4 is 11.6 Å². The molecule has 112 valence electrons. The van der Waals surface area contributed by atoms with Crippen LogP contribution in [0, 0.1) is 5.82 Å². The summed E-state index contributed by atoms with van der Waals surface area (Å²) in [6.45, 7) is 3.54. The Balaban J connectivity index is 1.88. The van der Waals surface area contributed by atoms with E-state index >= 15 is 0 Å². The fourth-order valence-electron chi connectivity index (χ4n) is 1.69. The third-order valence-electron chi connectivity index (χ3n) is 2.84. The van der Waals surface area contributed by atoms with Crippen molar-refractivity contribution < 1.29 is 14.3 Å². The zero-order valence-electron chi connectivity index (χ0n) is 11.9. The van der Waals surface area contributed by atoms with E-state index in [9.17, 15) is 14.3 Å². The number of aliphatic hydroxyl groups is 1. The number of aromatic nitrogens is 3. The van der Waals surface area contributed by atoms with Crippen LogP contribution >= 0.6 is 0 Å². The number of hydrogen-bond donors (Lipinski definition) is 2. The lowest BCUT2D eigenvalue weighted by atomic mass is 10.1. The van der Waals surface area contributed by atoms with E-state index in [0.717, 1.165) is 0 Å². The molecule has 0 bridgehead atoms. The first-order valence-electron chi connectivity index (χ1n) is 6.53. The van der Waals surface area contributed by atoms with Crippen LogP contribution in [0.5, 0.6) is 0 Å². The maximum Gasteiger partial charge on any atom is 0.226 e. The van der Waals surface area contributed by atoms with Crippen molar-refractivity contribution in [2.75, 3.05) is 5.32 Å². The van der Waals surface area contributed by atoms with Gasteiger partial charge in [0, 0.05) is 12.1 Å². The molecule has 7 heteroatoms. The van der Waals surface area contributed by atoms with E-state index in [1.54, 1.807) is 26.1 Å². The number of aryl methyl sites for hydroxylation is 1. The molecule has 1 amide bonds. The normalized spacial score (nSPS) is 11.4. The molecule has 0 aliphatic carbocycles. The number of rotatable bonds is 5. The van der Waals surface area contributed by atoms with Gasteiger partial charge in [-0.2, -0.15) is 0 Å². The smallest absolute Gasteiger partial charge is 0.226 e. The van der Waals surface area contributed by atoms with E-state index in [4.69, 9.17) is 0 Å². The lowest BCUT2D eigenvalue weighted by Gasteiger charge is -2.11. The minimum atomic E-state index is -1.07. The third kappa shape index (κ3) is 4.35. The van der Waals surface area contributed by atoms with Gasteiger partial charge in [-0.25, -0.2) is 4.39 Å². The molecule has 6 nitrogen and oxygen atoms in total.